The number of fused-ring (bicyclic) bond motifs is 2. The summed E-state index contributed by atoms with van der Waals surface area (Å²) in [7, 11) is 1.66. The van der Waals surface area contributed by atoms with Crippen molar-refractivity contribution in [3.63, 3.8) is 0 Å². The normalized spacial score (nSPS) is 18.0. The molecule has 0 spiro atoms. The van der Waals surface area contributed by atoms with Crippen molar-refractivity contribution >= 4 is 34.2 Å². The number of hydrogen-bond acceptors (Lipinski definition) is 5. The van der Waals surface area contributed by atoms with E-state index in [1.807, 2.05) is 30.3 Å². The van der Waals surface area contributed by atoms with E-state index in [1.54, 1.807) is 18.1 Å². The molecule has 0 aromatic heterocycles. The fourth-order valence-corrected chi connectivity index (χ4v) is 4.48. The van der Waals surface area contributed by atoms with Gasteiger partial charge in [-0.05, 0) is 53.1 Å². The molecule has 2 aliphatic heterocycles. The lowest BCUT2D eigenvalue weighted by atomic mass is 10.0. The molecule has 3 aromatic rings. The maximum absolute atomic E-state index is 12.8. The molecule has 3 aromatic carbocycles. The molecule has 1 saturated heterocycles. The fraction of sp³-hybridized carbons (Fsp3) is 0.240. The lowest BCUT2D eigenvalue weighted by molar-refractivity contribution is -0.136. The smallest absolute Gasteiger partial charge is 0.255 e. The van der Waals surface area contributed by atoms with Crippen LogP contribution in [0.1, 0.15) is 34.3 Å². The molecule has 162 valence electrons. The second kappa shape index (κ2) is 8.00. The van der Waals surface area contributed by atoms with Gasteiger partial charge < -0.3 is 15.0 Å². The minimum absolute atomic E-state index is 0.169. The van der Waals surface area contributed by atoms with Gasteiger partial charge in [0.05, 0.1) is 7.11 Å². The highest BCUT2D eigenvalue weighted by Crippen LogP contribution is 2.31. The van der Waals surface area contributed by atoms with Gasteiger partial charge in [0.1, 0.15) is 11.8 Å². The number of nitrogens with zero attached hydrogens (tertiary/aromatic N) is 1. The van der Waals surface area contributed by atoms with Gasteiger partial charge >= 0.3 is 0 Å². The Morgan fingerprint density at radius 3 is 2.59 bits per heavy atom. The number of ether oxygens (including phenoxy) is 1. The largest absolute Gasteiger partial charge is 0.496 e. The number of carbonyl (C=O) groups excluding carboxylic acids is 3. The molecule has 1 unspecified atom stereocenters. The van der Waals surface area contributed by atoms with Crippen molar-refractivity contribution in [1.29, 1.82) is 0 Å². The van der Waals surface area contributed by atoms with E-state index in [9.17, 15) is 14.4 Å². The molecule has 0 aliphatic carbocycles. The zero-order chi connectivity index (χ0) is 22.2. The van der Waals surface area contributed by atoms with Crippen LogP contribution in [0, 0.1) is 0 Å². The zero-order valence-electron chi connectivity index (χ0n) is 17.7. The number of methoxy groups -OCH3 is 1. The van der Waals surface area contributed by atoms with Crippen LogP contribution < -0.4 is 15.4 Å². The molecule has 5 rings (SSSR count). The van der Waals surface area contributed by atoms with Crippen LogP contribution in [0.4, 0.5) is 5.69 Å². The van der Waals surface area contributed by atoms with Gasteiger partial charge in [-0.25, -0.2) is 0 Å². The Bertz CT molecular complexity index is 1250. The molecule has 2 aliphatic rings. The minimum Gasteiger partial charge on any atom is -0.496 e. The van der Waals surface area contributed by atoms with Gasteiger partial charge in [-0.2, -0.15) is 0 Å². The van der Waals surface area contributed by atoms with E-state index in [0.29, 0.717) is 25.1 Å². The first-order valence-electron chi connectivity index (χ1n) is 10.6. The quantitative estimate of drug-likeness (QED) is 0.608. The number of carbonyl (C=O) groups is 3. The number of amides is 3. The van der Waals surface area contributed by atoms with Crippen LogP contribution in [0.3, 0.4) is 0 Å². The Morgan fingerprint density at radius 1 is 1.06 bits per heavy atom. The maximum atomic E-state index is 12.8. The summed E-state index contributed by atoms with van der Waals surface area (Å²) in [5.74, 6) is -0.0380. The van der Waals surface area contributed by atoms with Gasteiger partial charge in [-0.1, -0.05) is 24.3 Å². The van der Waals surface area contributed by atoms with E-state index in [1.165, 1.54) is 0 Å². The summed E-state index contributed by atoms with van der Waals surface area (Å²) in [6.45, 7) is 0.923. The van der Waals surface area contributed by atoms with Crippen LogP contribution in [-0.4, -0.2) is 35.8 Å². The first-order valence-corrected chi connectivity index (χ1v) is 10.6. The summed E-state index contributed by atoms with van der Waals surface area (Å²) in [5, 5.41) is 8.02. The second-order valence-electron chi connectivity index (χ2n) is 8.14. The van der Waals surface area contributed by atoms with E-state index in [-0.39, 0.29) is 18.2 Å². The molecular formula is C25H23N3O4. The number of nitrogens with one attached hydrogen (secondary N) is 2. The molecule has 32 heavy (non-hydrogen) atoms. The van der Waals surface area contributed by atoms with Gasteiger partial charge in [-0.15, -0.1) is 0 Å². The lowest BCUT2D eigenvalue weighted by Crippen LogP contribution is -2.52. The number of imide groups is 1. The average molecular weight is 429 g/mol. The zero-order valence-corrected chi connectivity index (χ0v) is 17.7. The first-order chi connectivity index (χ1) is 15.5. The van der Waals surface area contributed by atoms with E-state index in [2.05, 4.69) is 28.8 Å². The molecule has 1 fully saturated rings. The Labute approximate surface area is 185 Å². The summed E-state index contributed by atoms with van der Waals surface area (Å²) < 4.78 is 5.58. The van der Waals surface area contributed by atoms with Crippen LogP contribution >= 0.6 is 0 Å². The Hall–Kier alpha value is -3.87. The molecule has 0 saturated carbocycles. The van der Waals surface area contributed by atoms with Crippen LogP contribution in [0.5, 0.6) is 5.75 Å². The van der Waals surface area contributed by atoms with Crippen molar-refractivity contribution in [2.24, 2.45) is 0 Å². The number of hydrogen-bond donors (Lipinski definition) is 2. The summed E-state index contributed by atoms with van der Waals surface area (Å²) in [6, 6.07) is 17.3. The van der Waals surface area contributed by atoms with Crippen LogP contribution in [0.15, 0.2) is 54.6 Å². The first kappa shape index (κ1) is 20.1. The summed E-state index contributed by atoms with van der Waals surface area (Å²) in [4.78, 5) is 38.1. The van der Waals surface area contributed by atoms with Crippen molar-refractivity contribution < 1.29 is 19.1 Å². The SMILES string of the molecule is COc1cc2ccccc2cc1CNc1ccc2c(c1)CN(C1CCC(=O)NC1=O)C2=O. The number of rotatable bonds is 5. The second-order valence-corrected chi connectivity index (χ2v) is 8.14. The fourth-order valence-electron chi connectivity index (χ4n) is 4.48. The maximum Gasteiger partial charge on any atom is 0.255 e. The number of benzene rings is 3. The van der Waals surface area contributed by atoms with E-state index in [4.69, 9.17) is 4.74 Å². The van der Waals surface area contributed by atoms with Crippen molar-refractivity contribution in [3.05, 3.63) is 71.3 Å². The monoisotopic (exact) mass is 429 g/mol. The highest BCUT2D eigenvalue weighted by molar-refractivity contribution is 6.05. The van der Waals surface area contributed by atoms with Gasteiger partial charge in [0.15, 0.2) is 0 Å². The van der Waals surface area contributed by atoms with E-state index < -0.39 is 11.9 Å². The summed E-state index contributed by atoms with van der Waals surface area (Å²) in [5.41, 5.74) is 3.39. The van der Waals surface area contributed by atoms with Gasteiger partial charge in [0.25, 0.3) is 5.91 Å². The van der Waals surface area contributed by atoms with Gasteiger partial charge in [-0.3, -0.25) is 19.7 Å². The third-order valence-corrected chi connectivity index (χ3v) is 6.16. The average Bonchev–Trinajstić information content (AvgIpc) is 3.12. The predicted molar refractivity (Wildman–Crippen MR) is 120 cm³/mol. The molecule has 1 atom stereocenters. The standard InChI is InChI=1S/C25H23N3O4/c1-32-22-12-16-5-3-2-4-15(16)10-17(22)13-26-19-6-7-20-18(11-19)14-28(25(20)31)21-8-9-23(29)27-24(21)30/h2-7,10-12,21,26H,8-9,13-14H2,1H3,(H,27,29,30). The minimum atomic E-state index is -0.606. The Kier molecular flexibility index (Phi) is 5.01. The molecule has 7 heteroatoms. The van der Waals surface area contributed by atoms with E-state index in [0.717, 1.165) is 33.3 Å². The molecule has 0 bridgehead atoms. The lowest BCUT2D eigenvalue weighted by Gasteiger charge is -2.29. The van der Waals surface area contributed by atoms with Crippen molar-refractivity contribution in [3.8, 4) is 5.75 Å². The number of piperidine rings is 1. The molecule has 3 amide bonds. The number of anilines is 1. The van der Waals surface area contributed by atoms with Crippen LogP contribution in [0.25, 0.3) is 10.8 Å². The Balaban J connectivity index is 1.33. The van der Waals surface area contributed by atoms with E-state index >= 15 is 0 Å². The topological polar surface area (TPSA) is 87.7 Å². The molecule has 2 N–H and O–H groups in total. The Morgan fingerprint density at radius 2 is 1.84 bits per heavy atom. The highest BCUT2D eigenvalue weighted by Gasteiger charge is 2.39. The van der Waals surface area contributed by atoms with Gasteiger partial charge in [0.2, 0.25) is 11.8 Å². The molecule has 2 heterocycles. The molecular weight excluding hydrogens is 406 g/mol. The van der Waals surface area contributed by atoms with Crippen molar-refractivity contribution in [1.82, 2.24) is 10.2 Å². The predicted octanol–water partition coefficient (Wildman–Crippen LogP) is 3.22. The van der Waals surface area contributed by atoms with Crippen LogP contribution in [0.2, 0.25) is 0 Å². The summed E-state index contributed by atoms with van der Waals surface area (Å²) in [6.07, 6.45) is 0.605. The van der Waals surface area contributed by atoms with Crippen LogP contribution in [-0.2, 0) is 22.7 Å². The molecule has 0 radical (unpaired) electrons. The van der Waals surface area contributed by atoms with Crippen molar-refractivity contribution in [2.75, 3.05) is 12.4 Å². The van der Waals surface area contributed by atoms with Gasteiger partial charge in [0, 0.05) is 36.3 Å². The third kappa shape index (κ3) is 3.56. The highest BCUT2D eigenvalue weighted by atomic mass is 16.5. The molecule has 7 nitrogen and oxygen atoms in total. The third-order valence-electron chi connectivity index (χ3n) is 6.16. The summed E-state index contributed by atoms with van der Waals surface area (Å²) >= 11 is 0. The van der Waals surface area contributed by atoms with Crippen molar-refractivity contribution in [2.45, 2.75) is 32.0 Å².